The van der Waals surface area contributed by atoms with Crippen LogP contribution in [0.15, 0.2) is 41.7 Å². The predicted octanol–water partition coefficient (Wildman–Crippen LogP) is 2.58. The molecule has 0 fully saturated rings. The van der Waals surface area contributed by atoms with E-state index in [1.165, 1.54) is 6.33 Å². The number of hydrogen-bond acceptors (Lipinski definition) is 7. The van der Waals surface area contributed by atoms with Gasteiger partial charge in [0.25, 0.3) is 5.56 Å². The highest BCUT2D eigenvalue weighted by molar-refractivity contribution is 5.52. The first-order chi connectivity index (χ1) is 14.7. The second kappa shape index (κ2) is 9.04. The lowest BCUT2D eigenvalue weighted by molar-refractivity contribution is 0.239. The van der Waals surface area contributed by atoms with E-state index >= 15 is 0 Å². The molecule has 0 unspecified atom stereocenters. The molecule has 3 heterocycles. The molecule has 8 nitrogen and oxygen atoms in total. The molecule has 4 rings (SSSR count). The van der Waals surface area contributed by atoms with Crippen molar-refractivity contribution in [3.63, 3.8) is 0 Å². The molecule has 8 heteroatoms. The standard InChI is InChI=1S/C22H25N5O3/c1-3-29-19-6-5-15(9-20(19)30-4-2)12-27-8-7-17-18(13-27)25-21(26-22(17)28)16-10-23-14-24-11-16/h5-6,9-11,14H,3-4,7-8,12-13H2,1-2H3,(H,25,26,28). The van der Waals surface area contributed by atoms with E-state index in [0.717, 1.165) is 41.4 Å². The Hall–Kier alpha value is -3.26. The summed E-state index contributed by atoms with van der Waals surface area (Å²) in [4.78, 5) is 30.4. The molecule has 0 spiro atoms. The highest BCUT2D eigenvalue weighted by Crippen LogP contribution is 2.29. The summed E-state index contributed by atoms with van der Waals surface area (Å²) in [7, 11) is 0. The van der Waals surface area contributed by atoms with Gasteiger partial charge in [0.1, 0.15) is 12.2 Å². The number of H-pyrrole nitrogens is 1. The maximum atomic E-state index is 12.6. The number of fused-ring (bicyclic) bond motifs is 1. The molecular weight excluding hydrogens is 382 g/mol. The minimum atomic E-state index is -0.0850. The summed E-state index contributed by atoms with van der Waals surface area (Å²) >= 11 is 0. The first-order valence-electron chi connectivity index (χ1n) is 10.2. The van der Waals surface area contributed by atoms with Crippen LogP contribution >= 0.6 is 0 Å². The van der Waals surface area contributed by atoms with Gasteiger partial charge in [0.2, 0.25) is 0 Å². The van der Waals surface area contributed by atoms with Crippen LogP contribution in [0, 0.1) is 0 Å². The molecule has 1 aromatic carbocycles. The monoisotopic (exact) mass is 407 g/mol. The van der Waals surface area contributed by atoms with Crippen molar-refractivity contribution in [1.29, 1.82) is 0 Å². The fourth-order valence-electron chi connectivity index (χ4n) is 3.64. The van der Waals surface area contributed by atoms with Gasteiger partial charge in [-0.25, -0.2) is 15.0 Å². The zero-order valence-corrected chi connectivity index (χ0v) is 17.2. The summed E-state index contributed by atoms with van der Waals surface area (Å²) in [6.07, 6.45) is 5.41. The fraction of sp³-hybridized carbons (Fsp3) is 0.364. The van der Waals surface area contributed by atoms with Crippen LogP contribution in [0.2, 0.25) is 0 Å². The average molecular weight is 407 g/mol. The van der Waals surface area contributed by atoms with Gasteiger partial charge in [0.15, 0.2) is 11.5 Å². The normalized spacial score (nSPS) is 13.7. The van der Waals surface area contributed by atoms with Gasteiger partial charge in [-0.3, -0.25) is 9.69 Å². The van der Waals surface area contributed by atoms with Crippen molar-refractivity contribution < 1.29 is 9.47 Å². The molecule has 3 aromatic rings. The summed E-state index contributed by atoms with van der Waals surface area (Å²) in [5.74, 6) is 2.02. The molecule has 0 atom stereocenters. The number of aromatic nitrogens is 4. The first-order valence-corrected chi connectivity index (χ1v) is 10.2. The smallest absolute Gasteiger partial charge is 0.254 e. The number of hydrogen-bond donors (Lipinski definition) is 1. The molecule has 0 aliphatic carbocycles. The van der Waals surface area contributed by atoms with Gasteiger partial charge in [-0.1, -0.05) is 6.07 Å². The van der Waals surface area contributed by atoms with E-state index in [1.54, 1.807) is 12.4 Å². The van der Waals surface area contributed by atoms with Crippen LogP contribution < -0.4 is 15.0 Å². The zero-order chi connectivity index (χ0) is 20.9. The topological polar surface area (TPSA) is 93.2 Å². The van der Waals surface area contributed by atoms with Crippen molar-refractivity contribution in [2.24, 2.45) is 0 Å². The van der Waals surface area contributed by atoms with Crippen LogP contribution in [0.3, 0.4) is 0 Å². The van der Waals surface area contributed by atoms with Gasteiger partial charge >= 0.3 is 0 Å². The Morgan fingerprint density at radius 2 is 1.87 bits per heavy atom. The molecular formula is C22H25N5O3. The van der Waals surface area contributed by atoms with Crippen LogP contribution in [-0.2, 0) is 19.5 Å². The Morgan fingerprint density at radius 1 is 1.10 bits per heavy atom. The highest BCUT2D eigenvalue weighted by atomic mass is 16.5. The number of benzene rings is 1. The van der Waals surface area contributed by atoms with Crippen LogP contribution in [-0.4, -0.2) is 44.6 Å². The van der Waals surface area contributed by atoms with Gasteiger partial charge in [-0.15, -0.1) is 0 Å². The molecule has 1 N–H and O–H groups in total. The Labute approximate surface area is 174 Å². The van der Waals surface area contributed by atoms with E-state index in [-0.39, 0.29) is 5.56 Å². The Kier molecular flexibility index (Phi) is 6.04. The van der Waals surface area contributed by atoms with Gasteiger partial charge < -0.3 is 14.5 Å². The molecule has 0 bridgehead atoms. The predicted molar refractivity (Wildman–Crippen MR) is 112 cm³/mol. The quantitative estimate of drug-likeness (QED) is 0.643. The lowest BCUT2D eigenvalue weighted by Crippen LogP contribution is -2.35. The summed E-state index contributed by atoms with van der Waals surface area (Å²) in [6, 6.07) is 6.04. The fourth-order valence-corrected chi connectivity index (χ4v) is 3.64. The molecule has 0 saturated heterocycles. The molecule has 156 valence electrons. The third-order valence-corrected chi connectivity index (χ3v) is 5.00. The number of nitrogens with zero attached hydrogens (tertiary/aromatic N) is 4. The molecule has 0 radical (unpaired) electrons. The molecule has 2 aromatic heterocycles. The maximum Gasteiger partial charge on any atom is 0.254 e. The average Bonchev–Trinajstić information content (AvgIpc) is 2.76. The number of aromatic amines is 1. The van der Waals surface area contributed by atoms with Gasteiger partial charge in [-0.2, -0.15) is 0 Å². The molecule has 0 amide bonds. The molecule has 1 aliphatic heterocycles. The van der Waals surface area contributed by atoms with Crippen molar-refractivity contribution >= 4 is 0 Å². The highest BCUT2D eigenvalue weighted by Gasteiger charge is 2.22. The molecule has 30 heavy (non-hydrogen) atoms. The minimum Gasteiger partial charge on any atom is -0.490 e. The Balaban J connectivity index is 1.55. The van der Waals surface area contributed by atoms with E-state index in [4.69, 9.17) is 14.5 Å². The second-order valence-electron chi connectivity index (χ2n) is 7.07. The van der Waals surface area contributed by atoms with Gasteiger partial charge in [0.05, 0.1) is 24.5 Å². The van der Waals surface area contributed by atoms with E-state index < -0.39 is 0 Å². The third kappa shape index (κ3) is 4.33. The maximum absolute atomic E-state index is 12.6. The number of rotatable bonds is 7. The van der Waals surface area contributed by atoms with E-state index in [0.29, 0.717) is 37.6 Å². The van der Waals surface area contributed by atoms with Gasteiger partial charge in [0, 0.05) is 37.6 Å². The number of nitrogens with one attached hydrogen (secondary N) is 1. The largest absolute Gasteiger partial charge is 0.490 e. The van der Waals surface area contributed by atoms with Crippen molar-refractivity contribution in [1.82, 2.24) is 24.8 Å². The first kappa shape index (κ1) is 20.0. The SMILES string of the molecule is CCOc1ccc(CN2CCc3c(nc(-c4cncnc4)[nH]c3=O)C2)cc1OCC. The lowest BCUT2D eigenvalue weighted by Gasteiger charge is -2.28. The zero-order valence-electron chi connectivity index (χ0n) is 17.2. The van der Waals surface area contributed by atoms with Crippen LogP contribution in [0.1, 0.15) is 30.7 Å². The second-order valence-corrected chi connectivity index (χ2v) is 7.07. The van der Waals surface area contributed by atoms with Crippen molar-refractivity contribution in [2.45, 2.75) is 33.4 Å². The summed E-state index contributed by atoms with van der Waals surface area (Å²) in [5, 5.41) is 0. The van der Waals surface area contributed by atoms with E-state index in [9.17, 15) is 4.79 Å². The van der Waals surface area contributed by atoms with E-state index in [2.05, 4.69) is 25.9 Å². The third-order valence-electron chi connectivity index (χ3n) is 5.00. The van der Waals surface area contributed by atoms with Crippen molar-refractivity contribution in [2.75, 3.05) is 19.8 Å². The molecule has 0 saturated carbocycles. The van der Waals surface area contributed by atoms with Crippen LogP contribution in [0.25, 0.3) is 11.4 Å². The summed E-state index contributed by atoms with van der Waals surface area (Å²) in [6.45, 7) is 7.24. The number of ether oxygens (including phenoxy) is 2. The Bertz CT molecular complexity index is 1070. The van der Waals surface area contributed by atoms with Gasteiger partial charge in [-0.05, 0) is 38.0 Å². The van der Waals surface area contributed by atoms with Crippen LogP contribution in [0.5, 0.6) is 11.5 Å². The van der Waals surface area contributed by atoms with Crippen molar-refractivity contribution in [3.8, 4) is 22.9 Å². The van der Waals surface area contributed by atoms with E-state index in [1.807, 2.05) is 26.0 Å². The lowest BCUT2D eigenvalue weighted by atomic mass is 10.0. The minimum absolute atomic E-state index is 0.0850. The summed E-state index contributed by atoms with van der Waals surface area (Å²) in [5.41, 5.74) is 3.31. The van der Waals surface area contributed by atoms with Crippen LogP contribution in [0.4, 0.5) is 0 Å². The summed E-state index contributed by atoms with van der Waals surface area (Å²) < 4.78 is 11.4. The Morgan fingerprint density at radius 3 is 2.63 bits per heavy atom. The van der Waals surface area contributed by atoms with Crippen molar-refractivity contribution in [3.05, 3.63) is 64.1 Å². The molecule has 1 aliphatic rings.